The Morgan fingerprint density at radius 3 is 2.26 bits per heavy atom. The molecule has 2 amide bonds. The molecule has 1 fully saturated rings. The molecule has 0 radical (unpaired) electrons. The van der Waals surface area contributed by atoms with Gasteiger partial charge in [-0.2, -0.15) is 0 Å². The van der Waals surface area contributed by atoms with Gasteiger partial charge in [0.25, 0.3) is 0 Å². The van der Waals surface area contributed by atoms with Crippen LogP contribution in [0.25, 0.3) is 0 Å². The molecule has 2 heterocycles. The molecule has 0 saturated carbocycles. The maximum Gasteiger partial charge on any atom is 0.239 e. The second-order valence-electron chi connectivity index (χ2n) is 10.6. The first kappa shape index (κ1) is 27.9. The number of amides is 2. The van der Waals surface area contributed by atoms with Crippen LogP contribution < -0.4 is 20.7 Å². The van der Waals surface area contributed by atoms with Crippen molar-refractivity contribution < 1.29 is 18.0 Å². The fraction of sp³-hybridized carbons (Fsp3) is 0.500. The summed E-state index contributed by atoms with van der Waals surface area (Å²) in [6.45, 7) is 6.31. The number of carbonyl (C=O) groups excluding carboxylic acids is 2. The van der Waals surface area contributed by atoms with Gasteiger partial charge in [0.15, 0.2) is 0 Å². The smallest absolute Gasteiger partial charge is 0.239 e. The van der Waals surface area contributed by atoms with E-state index in [1.54, 1.807) is 4.90 Å². The van der Waals surface area contributed by atoms with E-state index in [1.165, 1.54) is 0 Å². The molecule has 2 aliphatic rings. The molecule has 0 spiro atoms. The Kier molecular flexibility index (Phi) is 8.94. The maximum absolute atomic E-state index is 13.5. The Hall–Kier alpha value is -3.11. The van der Waals surface area contributed by atoms with Crippen molar-refractivity contribution in [1.82, 2.24) is 14.9 Å². The molecule has 38 heavy (non-hydrogen) atoms. The van der Waals surface area contributed by atoms with Crippen LogP contribution in [0.1, 0.15) is 58.1 Å². The molecule has 0 unspecified atom stereocenters. The number of sulfonamides is 1. The first-order valence-corrected chi connectivity index (χ1v) is 15.0. The number of fused-ring (bicyclic) bond motifs is 1. The first-order valence-electron chi connectivity index (χ1n) is 13.4. The molecule has 4 N–H and O–H groups in total. The van der Waals surface area contributed by atoms with Crippen molar-refractivity contribution in [1.29, 1.82) is 0 Å². The summed E-state index contributed by atoms with van der Waals surface area (Å²) < 4.78 is 28.3. The van der Waals surface area contributed by atoms with Gasteiger partial charge in [0.2, 0.25) is 21.8 Å². The van der Waals surface area contributed by atoms with Crippen LogP contribution in [0.5, 0.6) is 0 Å². The molecule has 4 rings (SSSR count). The number of anilines is 2. The Morgan fingerprint density at radius 2 is 1.63 bits per heavy atom. The van der Waals surface area contributed by atoms with Crippen LogP contribution >= 0.6 is 0 Å². The lowest BCUT2D eigenvalue weighted by Gasteiger charge is -2.28. The van der Waals surface area contributed by atoms with Gasteiger partial charge in [-0.1, -0.05) is 56.3 Å². The molecule has 10 heteroatoms. The number of nitrogens with zero attached hydrogens (tertiary/aromatic N) is 1. The number of hydrogen-bond donors (Lipinski definition) is 4. The van der Waals surface area contributed by atoms with Crippen LogP contribution in [-0.4, -0.2) is 55.7 Å². The zero-order valence-electron chi connectivity index (χ0n) is 22.3. The molecule has 0 aliphatic carbocycles. The highest BCUT2D eigenvalue weighted by molar-refractivity contribution is 7.89. The quantitative estimate of drug-likeness (QED) is 0.346. The third-order valence-corrected chi connectivity index (χ3v) is 8.57. The predicted octanol–water partition coefficient (Wildman–Crippen LogP) is 3.44. The Labute approximate surface area is 225 Å². The van der Waals surface area contributed by atoms with Crippen LogP contribution in [0.4, 0.5) is 11.4 Å². The largest absolute Gasteiger partial charge is 0.362 e. The number of benzene rings is 2. The third kappa shape index (κ3) is 7.05. The average Bonchev–Trinajstić information content (AvgIpc) is 3.55. The highest BCUT2D eigenvalue weighted by atomic mass is 32.2. The van der Waals surface area contributed by atoms with Crippen molar-refractivity contribution in [2.24, 2.45) is 5.92 Å². The number of likely N-dealkylation sites (tertiary alicyclic amines) is 1. The van der Waals surface area contributed by atoms with Crippen molar-refractivity contribution in [3.63, 3.8) is 0 Å². The minimum absolute atomic E-state index is 0.0747. The Balaban J connectivity index is 1.46. The van der Waals surface area contributed by atoms with Crippen molar-refractivity contribution >= 4 is 33.2 Å². The number of rotatable bonds is 11. The van der Waals surface area contributed by atoms with Gasteiger partial charge in [0, 0.05) is 6.54 Å². The normalized spacial score (nSPS) is 18.9. The molecule has 0 bridgehead atoms. The highest BCUT2D eigenvalue weighted by Crippen LogP contribution is 2.32. The molecule has 9 nitrogen and oxygen atoms in total. The second kappa shape index (κ2) is 12.2. The van der Waals surface area contributed by atoms with Gasteiger partial charge in [0.1, 0.15) is 12.2 Å². The van der Waals surface area contributed by atoms with E-state index in [-0.39, 0.29) is 42.2 Å². The highest BCUT2D eigenvalue weighted by Gasteiger charge is 2.35. The molecular formula is C28H39N5O4S. The minimum Gasteiger partial charge on any atom is -0.362 e. The van der Waals surface area contributed by atoms with Gasteiger partial charge >= 0.3 is 0 Å². The van der Waals surface area contributed by atoms with Crippen LogP contribution in [0.15, 0.2) is 54.6 Å². The lowest BCUT2D eigenvalue weighted by atomic mass is 10.0. The van der Waals surface area contributed by atoms with E-state index in [9.17, 15) is 18.0 Å². The Morgan fingerprint density at radius 1 is 1.00 bits per heavy atom. The summed E-state index contributed by atoms with van der Waals surface area (Å²) in [5.41, 5.74) is 2.91. The van der Waals surface area contributed by atoms with E-state index in [0.717, 1.165) is 29.8 Å². The number of nitrogens with one attached hydrogen (secondary N) is 4. The van der Waals surface area contributed by atoms with Gasteiger partial charge in [-0.05, 0) is 49.8 Å². The summed E-state index contributed by atoms with van der Waals surface area (Å²) in [5, 5.41) is 9.58. The standard InChI is InChI=1S/C28H39N5O4S/c1-19(2)15-17-38(36,37)32-24(18-26(34)33-16-9-14-25(33)21-10-5-4-6-11-21)28(35)29-20(3)27-30-22-12-7-8-13-23(22)31-27/h4-8,10-13,19-20,24-25,27,30-32H,9,14-18H2,1-3H3,(H,29,35)/t20-,24+,25-/m1/s1. The van der Waals surface area contributed by atoms with E-state index in [2.05, 4.69) is 20.7 Å². The van der Waals surface area contributed by atoms with E-state index >= 15 is 0 Å². The zero-order chi connectivity index (χ0) is 27.3. The second-order valence-corrected chi connectivity index (χ2v) is 12.5. The summed E-state index contributed by atoms with van der Waals surface area (Å²) in [7, 11) is -3.77. The first-order chi connectivity index (χ1) is 18.1. The van der Waals surface area contributed by atoms with E-state index < -0.39 is 22.0 Å². The summed E-state index contributed by atoms with van der Waals surface area (Å²) in [5.74, 6) is -0.664. The van der Waals surface area contributed by atoms with Crippen LogP contribution in [0, 0.1) is 5.92 Å². The van der Waals surface area contributed by atoms with Gasteiger partial charge < -0.3 is 20.9 Å². The molecule has 2 aliphatic heterocycles. The Bertz CT molecular complexity index is 1200. The molecule has 2 aromatic rings. The average molecular weight is 542 g/mol. The fourth-order valence-corrected chi connectivity index (χ4v) is 6.52. The summed E-state index contributed by atoms with van der Waals surface area (Å²) in [6, 6.07) is 15.9. The van der Waals surface area contributed by atoms with Gasteiger partial charge in [0.05, 0.1) is 35.6 Å². The van der Waals surface area contributed by atoms with Crippen molar-refractivity contribution in [2.45, 2.75) is 70.7 Å². The van der Waals surface area contributed by atoms with Gasteiger partial charge in [-0.25, -0.2) is 13.1 Å². The van der Waals surface area contributed by atoms with Crippen molar-refractivity contribution in [2.75, 3.05) is 22.9 Å². The van der Waals surface area contributed by atoms with Crippen LogP contribution in [0.2, 0.25) is 0 Å². The van der Waals surface area contributed by atoms with Gasteiger partial charge in [-0.3, -0.25) is 9.59 Å². The number of carbonyl (C=O) groups is 2. The van der Waals surface area contributed by atoms with Crippen LogP contribution in [-0.2, 0) is 19.6 Å². The molecule has 1 saturated heterocycles. The monoisotopic (exact) mass is 541 g/mol. The number of hydrogen-bond acceptors (Lipinski definition) is 6. The number of para-hydroxylation sites is 2. The molecule has 206 valence electrons. The molecule has 2 aromatic carbocycles. The van der Waals surface area contributed by atoms with Crippen molar-refractivity contribution in [3.8, 4) is 0 Å². The molecule has 3 atom stereocenters. The lowest BCUT2D eigenvalue weighted by molar-refractivity contribution is -0.135. The van der Waals surface area contributed by atoms with Crippen LogP contribution in [0.3, 0.4) is 0 Å². The molecule has 0 aromatic heterocycles. The van der Waals surface area contributed by atoms with E-state index in [1.807, 2.05) is 75.4 Å². The fourth-order valence-electron chi connectivity index (χ4n) is 5.00. The van der Waals surface area contributed by atoms with E-state index in [0.29, 0.717) is 13.0 Å². The SMILES string of the molecule is CC(C)CCS(=O)(=O)N[C@@H](CC(=O)N1CCC[C@@H]1c1ccccc1)C(=O)N[C@H](C)C1Nc2ccccc2N1. The maximum atomic E-state index is 13.5. The summed E-state index contributed by atoms with van der Waals surface area (Å²) >= 11 is 0. The summed E-state index contributed by atoms with van der Waals surface area (Å²) in [4.78, 5) is 28.7. The zero-order valence-corrected chi connectivity index (χ0v) is 23.1. The topological polar surface area (TPSA) is 120 Å². The van der Waals surface area contributed by atoms with E-state index in [4.69, 9.17) is 0 Å². The lowest BCUT2D eigenvalue weighted by Crippen LogP contribution is -2.55. The predicted molar refractivity (Wildman–Crippen MR) is 150 cm³/mol. The van der Waals surface area contributed by atoms with Gasteiger partial charge in [-0.15, -0.1) is 0 Å². The van der Waals surface area contributed by atoms with Crippen molar-refractivity contribution in [3.05, 3.63) is 60.2 Å². The summed E-state index contributed by atoms with van der Waals surface area (Å²) in [6.07, 6.45) is 1.65. The minimum atomic E-state index is -3.77. The third-order valence-electron chi connectivity index (χ3n) is 7.16. The molecular weight excluding hydrogens is 502 g/mol.